The fourth-order valence-electron chi connectivity index (χ4n) is 1.38. The largest absolute Gasteiger partial charge is 0.467 e. The Bertz CT molecular complexity index is 418. The lowest BCUT2D eigenvalue weighted by atomic mass is 10.1. The first-order valence-electron chi connectivity index (χ1n) is 5.17. The average molecular weight is 302 g/mol. The summed E-state index contributed by atoms with van der Waals surface area (Å²) in [6.07, 6.45) is 0. The van der Waals surface area contributed by atoms with Crippen LogP contribution in [0.1, 0.15) is 12.5 Å². The van der Waals surface area contributed by atoms with E-state index in [-0.39, 0.29) is 6.54 Å². The second kappa shape index (κ2) is 5.51. The van der Waals surface area contributed by atoms with Crippen molar-refractivity contribution in [1.82, 2.24) is 0 Å². The van der Waals surface area contributed by atoms with Gasteiger partial charge in [-0.2, -0.15) is 0 Å². The summed E-state index contributed by atoms with van der Waals surface area (Å²) >= 11 is 3.37. The lowest BCUT2D eigenvalue weighted by Gasteiger charge is -2.21. The fraction of sp³-hybridized carbons (Fsp3) is 0.417. The molecule has 0 amide bonds. The fourth-order valence-corrected chi connectivity index (χ4v) is 1.86. The second-order valence-electron chi connectivity index (χ2n) is 4.08. The summed E-state index contributed by atoms with van der Waals surface area (Å²) in [7, 11) is 1.25. The van der Waals surface area contributed by atoms with Crippen LogP contribution in [-0.4, -0.2) is 30.3 Å². The third-order valence-electron chi connectivity index (χ3n) is 2.44. The molecule has 0 saturated heterocycles. The zero-order chi connectivity index (χ0) is 13.1. The van der Waals surface area contributed by atoms with Crippen molar-refractivity contribution >= 4 is 27.6 Å². The van der Waals surface area contributed by atoms with Crippen molar-refractivity contribution in [3.8, 4) is 0 Å². The minimum absolute atomic E-state index is 0.0994. The number of carbonyl (C=O) groups excluding carboxylic acids is 1. The van der Waals surface area contributed by atoms with Crippen molar-refractivity contribution in [3.05, 3.63) is 28.2 Å². The summed E-state index contributed by atoms with van der Waals surface area (Å²) in [5.74, 6) is -0.653. The quantitative estimate of drug-likeness (QED) is 0.836. The molecule has 4 nitrogen and oxygen atoms in total. The van der Waals surface area contributed by atoms with Crippen LogP contribution in [0.15, 0.2) is 22.7 Å². The van der Waals surface area contributed by atoms with Crippen LogP contribution in [0.4, 0.5) is 5.69 Å². The number of aryl methyl sites for hydroxylation is 1. The molecule has 0 spiro atoms. The van der Waals surface area contributed by atoms with Gasteiger partial charge in [0.05, 0.1) is 13.7 Å². The number of anilines is 1. The number of esters is 1. The highest BCUT2D eigenvalue weighted by Crippen LogP contribution is 2.20. The first-order chi connectivity index (χ1) is 7.86. The highest BCUT2D eigenvalue weighted by atomic mass is 79.9. The third kappa shape index (κ3) is 3.71. The predicted molar refractivity (Wildman–Crippen MR) is 70.0 cm³/mol. The van der Waals surface area contributed by atoms with Gasteiger partial charge in [0.1, 0.15) is 0 Å². The molecule has 0 aromatic heterocycles. The minimum atomic E-state index is -1.53. The molecule has 0 saturated carbocycles. The van der Waals surface area contributed by atoms with E-state index in [2.05, 4.69) is 26.0 Å². The number of methoxy groups -OCH3 is 1. The number of ether oxygens (including phenoxy) is 1. The van der Waals surface area contributed by atoms with Gasteiger partial charge in [-0.3, -0.25) is 0 Å². The molecule has 1 aromatic carbocycles. The Balaban J connectivity index is 2.70. The van der Waals surface area contributed by atoms with Gasteiger partial charge in [-0.25, -0.2) is 4.79 Å². The van der Waals surface area contributed by atoms with Gasteiger partial charge in [0.15, 0.2) is 5.60 Å². The number of hydrogen-bond acceptors (Lipinski definition) is 4. The minimum Gasteiger partial charge on any atom is -0.467 e. The van der Waals surface area contributed by atoms with Crippen LogP contribution in [0.25, 0.3) is 0 Å². The second-order valence-corrected chi connectivity index (χ2v) is 4.99. The van der Waals surface area contributed by atoms with Crippen molar-refractivity contribution in [2.24, 2.45) is 0 Å². The van der Waals surface area contributed by atoms with Crippen molar-refractivity contribution in [2.75, 3.05) is 19.0 Å². The van der Waals surface area contributed by atoms with Gasteiger partial charge in [0.25, 0.3) is 0 Å². The third-order valence-corrected chi connectivity index (χ3v) is 2.93. The standard InChI is InChI=1S/C12H16BrNO3/c1-8-6-9(13)4-5-10(8)14-7-12(2,16)11(15)17-3/h4-6,14,16H,7H2,1-3H3. The topological polar surface area (TPSA) is 58.6 Å². The highest BCUT2D eigenvalue weighted by molar-refractivity contribution is 9.10. The molecule has 2 N–H and O–H groups in total. The molecule has 1 unspecified atom stereocenters. The number of aliphatic hydroxyl groups is 1. The molecular weight excluding hydrogens is 286 g/mol. The molecule has 0 radical (unpaired) electrons. The molecule has 0 aliphatic rings. The number of benzene rings is 1. The van der Waals surface area contributed by atoms with Gasteiger partial charge in [-0.1, -0.05) is 15.9 Å². The van der Waals surface area contributed by atoms with E-state index in [9.17, 15) is 9.90 Å². The van der Waals surface area contributed by atoms with Crippen LogP contribution in [0, 0.1) is 6.92 Å². The van der Waals surface area contributed by atoms with Crippen molar-refractivity contribution < 1.29 is 14.6 Å². The maximum atomic E-state index is 11.3. The summed E-state index contributed by atoms with van der Waals surface area (Å²) in [6, 6.07) is 5.73. The molecule has 0 fully saturated rings. The summed E-state index contributed by atoms with van der Waals surface area (Å²) in [4.78, 5) is 11.3. The van der Waals surface area contributed by atoms with Crippen LogP contribution in [0.3, 0.4) is 0 Å². The maximum absolute atomic E-state index is 11.3. The Hall–Kier alpha value is -1.07. The van der Waals surface area contributed by atoms with E-state index in [4.69, 9.17) is 0 Å². The highest BCUT2D eigenvalue weighted by Gasteiger charge is 2.31. The molecule has 1 atom stereocenters. The molecule has 0 bridgehead atoms. The molecule has 0 aliphatic carbocycles. The molecule has 0 heterocycles. The maximum Gasteiger partial charge on any atom is 0.339 e. The molecule has 1 aromatic rings. The lowest BCUT2D eigenvalue weighted by Crippen LogP contribution is -2.42. The van der Waals surface area contributed by atoms with Crippen LogP contribution >= 0.6 is 15.9 Å². The first kappa shape index (κ1) is 14.0. The van der Waals surface area contributed by atoms with Crippen molar-refractivity contribution in [3.63, 3.8) is 0 Å². The summed E-state index contributed by atoms with van der Waals surface area (Å²) < 4.78 is 5.50. The SMILES string of the molecule is COC(=O)C(C)(O)CNc1ccc(Br)cc1C. The number of halogens is 1. The number of carbonyl (C=O) groups is 1. The first-order valence-corrected chi connectivity index (χ1v) is 5.97. The lowest BCUT2D eigenvalue weighted by molar-refractivity contribution is -0.158. The predicted octanol–water partition coefficient (Wildman–Crippen LogP) is 2.09. The van der Waals surface area contributed by atoms with Crippen molar-refractivity contribution in [2.45, 2.75) is 19.4 Å². The summed E-state index contributed by atoms with van der Waals surface area (Å²) in [5, 5.41) is 12.9. The molecular formula is C12H16BrNO3. The number of rotatable bonds is 4. The molecule has 0 aliphatic heterocycles. The van der Waals surface area contributed by atoms with E-state index in [1.807, 2.05) is 25.1 Å². The Labute approximate surface area is 109 Å². The number of nitrogens with one attached hydrogen (secondary N) is 1. The van der Waals surface area contributed by atoms with E-state index in [0.29, 0.717) is 0 Å². The van der Waals surface area contributed by atoms with Gasteiger partial charge < -0.3 is 15.2 Å². The van der Waals surface area contributed by atoms with Crippen molar-refractivity contribution in [1.29, 1.82) is 0 Å². The van der Waals surface area contributed by atoms with E-state index in [0.717, 1.165) is 15.7 Å². The molecule has 5 heteroatoms. The Kier molecular flexibility index (Phi) is 4.54. The molecule has 94 valence electrons. The van der Waals surface area contributed by atoms with Crippen LogP contribution in [0.5, 0.6) is 0 Å². The van der Waals surface area contributed by atoms with Gasteiger partial charge >= 0.3 is 5.97 Å². The smallest absolute Gasteiger partial charge is 0.339 e. The average Bonchev–Trinajstić information content (AvgIpc) is 2.26. The van der Waals surface area contributed by atoms with Crippen LogP contribution in [-0.2, 0) is 9.53 Å². The van der Waals surface area contributed by atoms with E-state index < -0.39 is 11.6 Å². The zero-order valence-corrected chi connectivity index (χ0v) is 11.7. The van der Waals surface area contributed by atoms with E-state index in [1.54, 1.807) is 0 Å². The van der Waals surface area contributed by atoms with E-state index in [1.165, 1.54) is 14.0 Å². The van der Waals surface area contributed by atoms with Gasteiger partial charge in [-0.05, 0) is 37.6 Å². The zero-order valence-electron chi connectivity index (χ0n) is 10.1. The summed E-state index contributed by atoms with van der Waals surface area (Å²) in [6.45, 7) is 3.46. The molecule has 17 heavy (non-hydrogen) atoms. The number of hydrogen-bond donors (Lipinski definition) is 2. The Morgan fingerprint density at radius 2 is 2.24 bits per heavy atom. The monoisotopic (exact) mass is 301 g/mol. The summed E-state index contributed by atoms with van der Waals surface area (Å²) in [5.41, 5.74) is 0.367. The Morgan fingerprint density at radius 1 is 1.59 bits per heavy atom. The normalized spacial score (nSPS) is 13.9. The van der Waals surface area contributed by atoms with E-state index >= 15 is 0 Å². The molecule has 1 rings (SSSR count). The van der Waals surface area contributed by atoms with Crippen LogP contribution < -0.4 is 5.32 Å². The van der Waals surface area contributed by atoms with Gasteiger partial charge in [0, 0.05) is 10.2 Å². The van der Waals surface area contributed by atoms with Crippen LogP contribution in [0.2, 0.25) is 0 Å². The van der Waals surface area contributed by atoms with Gasteiger partial charge in [0.2, 0.25) is 0 Å². The Morgan fingerprint density at radius 3 is 2.76 bits per heavy atom. The van der Waals surface area contributed by atoms with Gasteiger partial charge in [-0.15, -0.1) is 0 Å².